The Hall–Kier alpha value is -0.120. The molecule has 1 unspecified atom stereocenters. The molecule has 0 aliphatic carbocycles. The van der Waals surface area contributed by atoms with Crippen molar-refractivity contribution in [3.8, 4) is 0 Å². The first-order valence-corrected chi connectivity index (χ1v) is 5.77. The van der Waals surface area contributed by atoms with E-state index in [9.17, 15) is 5.11 Å². The number of nitrogens with zero attached hydrogens (tertiary/aromatic N) is 1. The normalized spacial score (nSPS) is 26.2. The quantitative estimate of drug-likeness (QED) is 0.774. The summed E-state index contributed by atoms with van der Waals surface area (Å²) in [5, 5.41) is 9.26. The number of rotatable bonds is 4. The predicted molar refractivity (Wildman–Crippen MR) is 62.0 cm³/mol. The zero-order valence-corrected chi connectivity index (χ0v) is 10.7. The van der Waals surface area contributed by atoms with Gasteiger partial charge < -0.3 is 9.84 Å². The van der Waals surface area contributed by atoms with Gasteiger partial charge in [-0.25, -0.2) is 0 Å². The zero-order valence-electron chi connectivity index (χ0n) is 10.7. The Bertz CT molecular complexity index is 214. The van der Waals surface area contributed by atoms with E-state index in [0.717, 1.165) is 19.4 Å². The van der Waals surface area contributed by atoms with Crippen molar-refractivity contribution >= 4 is 0 Å². The minimum absolute atomic E-state index is 0.0366. The first kappa shape index (κ1) is 12.9. The van der Waals surface area contributed by atoms with E-state index in [1.165, 1.54) is 0 Å². The lowest BCUT2D eigenvalue weighted by atomic mass is 10.0. The smallest absolute Gasteiger partial charge is 0.0710 e. The molecule has 3 nitrogen and oxygen atoms in total. The molecule has 0 aromatic heterocycles. The van der Waals surface area contributed by atoms with Crippen LogP contribution in [0.3, 0.4) is 0 Å². The Morgan fingerprint density at radius 1 is 1.47 bits per heavy atom. The average molecular weight is 215 g/mol. The van der Waals surface area contributed by atoms with Crippen LogP contribution in [0.1, 0.15) is 40.5 Å². The second-order valence-electron chi connectivity index (χ2n) is 5.89. The molecule has 1 aliphatic heterocycles. The van der Waals surface area contributed by atoms with E-state index in [0.29, 0.717) is 6.10 Å². The highest BCUT2D eigenvalue weighted by atomic mass is 16.5. The van der Waals surface area contributed by atoms with Gasteiger partial charge in [0.25, 0.3) is 0 Å². The summed E-state index contributed by atoms with van der Waals surface area (Å²) >= 11 is 0. The molecular weight excluding hydrogens is 190 g/mol. The summed E-state index contributed by atoms with van der Waals surface area (Å²) in [6.45, 7) is 9.46. The van der Waals surface area contributed by atoms with Gasteiger partial charge in [-0.1, -0.05) is 0 Å². The molecular formula is C12H25NO2. The third-order valence-corrected chi connectivity index (χ3v) is 3.45. The molecule has 3 heteroatoms. The van der Waals surface area contributed by atoms with Crippen molar-refractivity contribution in [2.24, 2.45) is 0 Å². The van der Waals surface area contributed by atoms with Gasteiger partial charge in [0.05, 0.1) is 18.3 Å². The molecule has 15 heavy (non-hydrogen) atoms. The van der Waals surface area contributed by atoms with Crippen molar-refractivity contribution < 1.29 is 9.84 Å². The van der Waals surface area contributed by atoms with E-state index in [2.05, 4.69) is 18.7 Å². The Kier molecular flexibility index (Phi) is 3.80. The van der Waals surface area contributed by atoms with E-state index >= 15 is 0 Å². The van der Waals surface area contributed by atoms with Gasteiger partial charge in [-0.05, 0) is 47.6 Å². The van der Waals surface area contributed by atoms with Crippen molar-refractivity contribution in [2.75, 3.05) is 20.2 Å². The molecule has 0 radical (unpaired) electrons. The second kappa shape index (κ2) is 4.40. The molecule has 1 atom stereocenters. The summed E-state index contributed by atoms with van der Waals surface area (Å²) < 4.78 is 5.94. The van der Waals surface area contributed by atoms with E-state index in [-0.39, 0.29) is 17.7 Å². The van der Waals surface area contributed by atoms with E-state index in [4.69, 9.17) is 4.74 Å². The van der Waals surface area contributed by atoms with Crippen molar-refractivity contribution in [3.05, 3.63) is 0 Å². The van der Waals surface area contributed by atoms with Gasteiger partial charge in [-0.2, -0.15) is 0 Å². The number of likely N-dealkylation sites (N-methyl/N-ethyl adjacent to an activating group) is 1. The van der Waals surface area contributed by atoms with Crippen LogP contribution in [0.4, 0.5) is 0 Å². The van der Waals surface area contributed by atoms with Crippen molar-refractivity contribution in [2.45, 2.75) is 57.8 Å². The molecule has 0 amide bonds. The average Bonchev–Trinajstić information content (AvgIpc) is 2.45. The molecule has 1 saturated heterocycles. The van der Waals surface area contributed by atoms with Crippen LogP contribution < -0.4 is 0 Å². The van der Waals surface area contributed by atoms with Gasteiger partial charge in [0.2, 0.25) is 0 Å². The maximum Gasteiger partial charge on any atom is 0.0710 e. The molecule has 1 N–H and O–H groups in total. The second-order valence-corrected chi connectivity index (χ2v) is 5.89. The van der Waals surface area contributed by atoms with Gasteiger partial charge in [0, 0.05) is 12.1 Å². The first-order chi connectivity index (χ1) is 6.77. The summed E-state index contributed by atoms with van der Waals surface area (Å²) in [5.41, 5.74) is -0.120. The Balaban J connectivity index is 2.43. The van der Waals surface area contributed by atoms with Gasteiger partial charge >= 0.3 is 0 Å². The summed E-state index contributed by atoms with van der Waals surface area (Å²) in [6.07, 6.45) is 2.57. The monoisotopic (exact) mass is 215 g/mol. The molecule has 1 rings (SSSR count). The highest BCUT2D eigenvalue weighted by Gasteiger charge is 2.34. The lowest BCUT2D eigenvalue weighted by Gasteiger charge is -2.35. The maximum atomic E-state index is 9.26. The molecule has 1 fully saturated rings. The van der Waals surface area contributed by atoms with Crippen LogP contribution in [0.15, 0.2) is 0 Å². The maximum absolute atomic E-state index is 9.26. The van der Waals surface area contributed by atoms with Crippen LogP contribution in [0.2, 0.25) is 0 Å². The fraction of sp³-hybridized carbons (Fsp3) is 1.00. The van der Waals surface area contributed by atoms with Crippen LogP contribution in [0.25, 0.3) is 0 Å². The minimum atomic E-state index is -0.157. The van der Waals surface area contributed by atoms with Crippen molar-refractivity contribution in [1.82, 2.24) is 4.90 Å². The van der Waals surface area contributed by atoms with Gasteiger partial charge in [0.1, 0.15) is 0 Å². The summed E-state index contributed by atoms with van der Waals surface area (Å²) in [4.78, 5) is 2.18. The third kappa shape index (κ3) is 3.44. The van der Waals surface area contributed by atoms with E-state index in [1.807, 2.05) is 20.9 Å². The fourth-order valence-corrected chi connectivity index (χ4v) is 1.88. The highest BCUT2D eigenvalue weighted by molar-refractivity contribution is 4.86. The molecule has 0 saturated carbocycles. The molecule has 0 bridgehead atoms. The summed E-state index contributed by atoms with van der Waals surface area (Å²) in [5.74, 6) is 0. The standard InChI is InChI=1S/C12H25NO2/c1-11(2,9-14)13(5)8-10-6-7-12(3,4)15-10/h10,14H,6-9H2,1-5H3. The lowest BCUT2D eigenvalue weighted by molar-refractivity contribution is -0.0420. The molecule has 0 spiro atoms. The number of ether oxygens (including phenoxy) is 1. The van der Waals surface area contributed by atoms with Crippen LogP contribution in [-0.2, 0) is 4.74 Å². The van der Waals surface area contributed by atoms with Crippen LogP contribution in [0, 0.1) is 0 Å². The van der Waals surface area contributed by atoms with E-state index in [1.54, 1.807) is 0 Å². The third-order valence-electron chi connectivity index (χ3n) is 3.45. The van der Waals surface area contributed by atoms with Crippen LogP contribution in [-0.4, -0.2) is 47.4 Å². The topological polar surface area (TPSA) is 32.7 Å². The molecule has 0 aromatic rings. The number of aliphatic hydroxyl groups is 1. The fourth-order valence-electron chi connectivity index (χ4n) is 1.88. The number of hydrogen-bond donors (Lipinski definition) is 1. The predicted octanol–water partition coefficient (Wildman–Crippen LogP) is 1.65. The number of hydrogen-bond acceptors (Lipinski definition) is 3. The SMILES string of the molecule is CN(CC1CCC(C)(C)O1)C(C)(C)CO. The van der Waals surface area contributed by atoms with Crippen molar-refractivity contribution in [1.29, 1.82) is 0 Å². The first-order valence-electron chi connectivity index (χ1n) is 5.77. The molecule has 1 heterocycles. The molecule has 0 aromatic carbocycles. The Morgan fingerprint density at radius 2 is 2.07 bits per heavy atom. The van der Waals surface area contributed by atoms with Gasteiger partial charge in [-0.3, -0.25) is 4.90 Å². The Morgan fingerprint density at radius 3 is 2.47 bits per heavy atom. The molecule has 1 aliphatic rings. The van der Waals surface area contributed by atoms with Crippen molar-refractivity contribution in [3.63, 3.8) is 0 Å². The minimum Gasteiger partial charge on any atom is -0.394 e. The highest BCUT2D eigenvalue weighted by Crippen LogP contribution is 2.30. The van der Waals surface area contributed by atoms with Gasteiger partial charge in [0.15, 0.2) is 0 Å². The Labute approximate surface area is 93.4 Å². The van der Waals surface area contributed by atoms with Gasteiger partial charge in [-0.15, -0.1) is 0 Å². The van der Waals surface area contributed by atoms with Crippen LogP contribution >= 0.6 is 0 Å². The number of aliphatic hydroxyl groups excluding tert-OH is 1. The zero-order chi connectivity index (χ0) is 11.7. The molecule has 90 valence electrons. The van der Waals surface area contributed by atoms with Crippen LogP contribution in [0.5, 0.6) is 0 Å². The largest absolute Gasteiger partial charge is 0.394 e. The van der Waals surface area contributed by atoms with E-state index < -0.39 is 0 Å². The summed E-state index contributed by atoms with van der Waals surface area (Å²) in [6, 6.07) is 0. The lowest BCUT2D eigenvalue weighted by Crippen LogP contribution is -2.47. The summed E-state index contributed by atoms with van der Waals surface area (Å²) in [7, 11) is 2.05.